The Labute approximate surface area is 197 Å². The van der Waals surface area contributed by atoms with Gasteiger partial charge in [-0.25, -0.2) is 9.78 Å². The number of carbonyl (C=O) groups excluding carboxylic acids is 1. The average molecular weight is 529 g/mol. The van der Waals surface area contributed by atoms with Gasteiger partial charge in [0, 0.05) is 21.5 Å². The fraction of sp³-hybridized carbons (Fsp3) is 0.364. The molecule has 1 aliphatic rings. The van der Waals surface area contributed by atoms with Gasteiger partial charge < -0.3 is 19.4 Å². The molecule has 0 spiro atoms. The highest BCUT2D eigenvalue weighted by molar-refractivity contribution is 9.10. The van der Waals surface area contributed by atoms with Crippen LogP contribution in [0.5, 0.6) is 5.75 Å². The molecule has 0 saturated heterocycles. The Kier molecular flexibility index (Phi) is 6.06. The number of amides is 1. The second-order valence-corrected chi connectivity index (χ2v) is 9.74. The fourth-order valence-electron chi connectivity index (χ4n) is 3.95. The van der Waals surface area contributed by atoms with Gasteiger partial charge in [-0.2, -0.15) is 8.78 Å². The normalized spacial score (nSPS) is 18.1. The summed E-state index contributed by atoms with van der Waals surface area (Å²) in [7, 11) is 0. The fourth-order valence-corrected chi connectivity index (χ4v) is 4.73. The van der Waals surface area contributed by atoms with Crippen molar-refractivity contribution in [1.82, 2.24) is 14.9 Å². The van der Waals surface area contributed by atoms with E-state index in [1.165, 1.54) is 6.07 Å². The third-order valence-electron chi connectivity index (χ3n) is 5.01. The molecule has 2 heterocycles. The maximum atomic E-state index is 13.1. The molecule has 10 heteroatoms. The van der Waals surface area contributed by atoms with Gasteiger partial charge in [-0.05, 0) is 51.1 Å². The van der Waals surface area contributed by atoms with Crippen LogP contribution in [-0.2, 0) is 4.74 Å². The number of halogens is 4. The predicted octanol–water partition coefficient (Wildman–Crippen LogP) is 6.61. The number of alkyl halides is 2. The zero-order chi connectivity index (χ0) is 23.2. The van der Waals surface area contributed by atoms with Crippen molar-refractivity contribution in [1.29, 1.82) is 0 Å². The molecule has 1 amide bonds. The van der Waals surface area contributed by atoms with E-state index in [4.69, 9.17) is 26.1 Å². The van der Waals surface area contributed by atoms with Gasteiger partial charge >= 0.3 is 12.7 Å². The molecule has 0 radical (unpaired) electrons. The van der Waals surface area contributed by atoms with Crippen LogP contribution in [-0.4, -0.2) is 27.9 Å². The lowest BCUT2D eigenvalue weighted by Crippen LogP contribution is -2.34. The SMILES string of the molecule is CC(C)(C)OC(=O)N[C@@H]1C[C@H](c2c(Br)cccc2OC(F)F)n2c1nc1ccc(Cl)cc12. The van der Waals surface area contributed by atoms with Crippen molar-refractivity contribution in [2.75, 3.05) is 0 Å². The number of hydrogen-bond acceptors (Lipinski definition) is 4. The number of rotatable bonds is 4. The summed E-state index contributed by atoms with van der Waals surface area (Å²) >= 11 is 9.71. The summed E-state index contributed by atoms with van der Waals surface area (Å²) in [6.45, 7) is 2.34. The van der Waals surface area contributed by atoms with Gasteiger partial charge in [-0.15, -0.1) is 0 Å². The van der Waals surface area contributed by atoms with E-state index in [1.54, 1.807) is 51.1 Å². The second-order valence-electron chi connectivity index (χ2n) is 8.45. The van der Waals surface area contributed by atoms with Gasteiger partial charge in [0.15, 0.2) is 0 Å². The van der Waals surface area contributed by atoms with Crippen LogP contribution < -0.4 is 10.1 Å². The molecule has 0 saturated carbocycles. The molecule has 2 atom stereocenters. The van der Waals surface area contributed by atoms with Crippen LogP contribution in [0.1, 0.15) is 50.7 Å². The molecule has 0 fully saturated rings. The summed E-state index contributed by atoms with van der Waals surface area (Å²) < 4.78 is 39.0. The third kappa shape index (κ3) is 4.54. The molecule has 0 bridgehead atoms. The van der Waals surface area contributed by atoms with Crippen LogP contribution >= 0.6 is 27.5 Å². The molecule has 3 aromatic rings. The van der Waals surface area contributed by atoms with Crippen LogP contribution in [0.15, 0.2) is 40.9 Å². The summed E-state index contributed by atoms with van der Waals surface area (Å²) in [6.07, 6.45) is -0.220. The van der Waals surface area contributed by atoms with Gasteiger partial charge in [0.2, 0.25) is 0 Å². The molecule has 2 aromatic carbocycles. The molecule has 1 aliphatic heterocycles. The van der Waals surface area contributed by atoms with Gasteiger partial charge in [0.1, 0.15) is 17.2 Å². The highest BCUT2D eigenvalue weighted by Crippen LogP contribution is 2.46. The van der Waals surface area contributed by atoms with Crippen molar-refractivity contribution in [3.8, 4) is 5.75 Å². The summed E-state index contributed by atoms with van der Waals surface area (Å²) in [5, 5.41) is 3.38. The van der Waals surface area contributed by atoms with Crippen LogP contribution in [0.4, 0.5) is 13.6 Å². The van der Waals surface area contributed by atoms with Crippen LogP contribution in [0, 0.1) is 0 Å². The topological polar surface area (TPSA) is 65.4 Å². The van der Waals surface area contributed by atoms with Gasteiger partial charge in [0.25, 0.3) is 0 Å². The number of hydrogen-bond donors (Lipinski definition) is 1. The third-order valence-corrected chi connectivity index (χ3v) is 5.94. The van der Waals surface area contributed by atoms with Crippen LogP contribution in [0.2, 0.25) is 5.02 Å². The summed E-state index contributed by atoms with van der Waals surface area (Å²) in [6, 6.07) is 9.19. The van der Waals surface area contributed by atoms with E-state index in [9.17, 15) is 13.6 Å². The quantitative estimate of drug-likeness (QED) is 0.414. The van der Waals surface area contributed by atoms with E-state index in [-0.39, 0.29) is 5.75 Å². The first-order valence-electron chi connectivity index (χ1n) is 9.93. The molecular formula is C22H21BrClF2N3O3. The van der Waals surface area contributed by atoms with Crippen molar-refractivity contribution in [3.63, 3.8) is 0 Å². The second kappa shape index (κ2) is 8.51. The zero-order valence-electron chi connectivity index (χ0n) is 17.5. The van der Waals surface area contributed by atoms with E-state index in [0.717, 1.165) is 5.52 Å². The van der Waals surface area contributed by atoms with E-state index in [2.05, 4.69) is 21.2 Å². The van der Waals surface area contributed by atoms with E-state index in [1.807, 2.05) is 4.57 Å². The highest BCUT2D eigenvalue weighted by atomic mass is 79.9. The van der Waals surface area contributed by atoms with E-state index >= 15 is 0 Å². The number of benzene rings is 2. The first-order valence-corrected chi connectivity index (χ1v) is 11.1. The Hall–Kier alpha value is -2.39. The van der Waals surface area contributed by atoms with Crippen molar-refractivity contribution in [3.05, 3.63) is 57.3 Å². The number of nitrogens with zero attached hydrogens (tertiary/aromatic N) is 2. The number of carbonyl (C=O) groups is 1. The van der Waals surface area contributed by atoms with Crippen LogP contribution in [0.25, 0.3) is 11.0 Å². The number of nitrogens with one attached hydrogen (secondary N) is 1. The Morgan fingerprint density at radius 3 is 2.75 bits per heavy atom. The van der Waals surface area contributed by atoms with E-state index in [0.29, 0.717) is 32.8 Å². The highest BCUT2D eigenvalue weighted by Gasteiger charge is 2.39. The molecular weight excluding hydrogens is 508 g/mol. The van der Waals surface area contributed by atoms with Crippen molar-refractivity contribution < 1.29 is 23.0 Å². The van der Waals surface area contributed by atoms with Gasteiger partial charge in [0.05, 0.1) is 23.1 Å². The molecule has 170 valence electrons. The lowest BCUT2D eigenvalue weighted by Gasteiger charge is -2.22. The van der Waals surface area contributed by atoms with Gasteiger partial charge in [-0.1, -0.05) is 33.6 Å². The minimum Gasteiger partial charge on any atom is -0.444 e. The molecule has 6 nitrogen and oxygen atoms in total. The van der Waals surface area contributed by atoms with Crippen molar-refractivity contribution in [2.45, 2.75) is 51.5 Å². The largest absolute Gasteiger partial charge is 0.444 e. The lowest BCUT2D eigenvalue weighted by molar-refractivity contribution is -0.0507. The van der Waals surface area contributed by atoms with Crippen molar-refractivity contribution in [2.24, 2.45) is 0 Å². The molecule has 1 N–H and O–H groups in total. The lowest BCUT2D eigenvalue weighted by atomic mass is 10.0. The summed E-state index contributed by atoms with van der Waals surface area (Å²) in [5.41, 5.74) is 1.26. The first kappa shape index (κ1) is 22.8. The average Bonchev–Trinajstić information content (AvgIpc) is 3.18. The Morgan fingerprint density at radius 1 is 1.31 bits per heavy atom. The van der Waals surface area contributed by atoms with Crippen LogP contribution in [0.3, 0.4) is 0 Å². The number of ether oxygens (including phenoxy) is 2. The monoisotopic (exact) mass is 527 g/mol. The first-order chi connectivity index (χ1) is 15.0. The molecule has 32 heavy (non-hydrogen) atoms. The minimum atomic E-state index is -2.98. The smallest absolute Gasteiger partial charge is 0.408 e. The standard InChI is InChI=1S/C22H21BrClF2N3O3/c1-22(2,3)32-21(30)28-14-10-16(18-12(23)5-4-6-17(18)31-20(25)26)29-15-9-11(24)7-8-13(15)27-19(14)29/h4-9,14,16,20H,10H2,1-3H3,(H,28,30)/t14-,16-/m1/s1. The molecule has 4 rings (SSSR count). The molecule has 0 aliphatic carbocycles. The Morgan fingerprint density at radius 2 is 2.06 bits per heavy atom. The Balaban J connectivity index is 1.82. The summed E-state index contributed by atoms with van der Waals surface area (Å²) in [4.78, 5) is 17.2. The number of imidazole rings is 1. The Bertz CT molecular complexity index is 1180. The minimum absolute atomic E-state index is 0.0483. The summed E-state index contributed by atoms with van der Waals surface area (Å²) in [5.74, 6) is 0.629. The number of aromatic nitrogens is 2. The maximum Gasteiger partial charge on any atom is 0.408 e. The zero-order valence-corrected chi connectivity index (χ0v) is 19.9. The molecule has 0 unspecified atom stereocenters. The van der Waals surface area contributed by atoms with E-state index < -0.39 is 30.4 Å². The van der Waals surface area contributed by atoms with Crippen molar-refractivity contribution >= 4 is 44.7 Å². The van der Waals surface area contributed by atoms with Gasteiger partial charge in [-0.3, -0.25) is 0 Å². The maximum absolute atomic E-state index is 13.1. The number of fused-ring (bicyclic) bond motifs is 3. The predicted molar refractivity (Wildman–Crippen MR) is 120 cm³/mol. The number of alkyl carbamates (subject to hydrolysis) is 1. The molecule has 1 aromatic heterocycles.